The lowest BCUT2D eigenvalue weighted by atomic mass is 10.8. The summed E-state index contributed by atoms with van der Waals surface area (Å²) in [4.78, 5) is 0. The van der Waals surface area contributed by atoms with Crippen LogP contribution in [0.15, 0.2) is 18.7 Å². The number of nitrogens with zero attached hydrogens (tertiary/aromatic N) is 2. The van der Waals surface area contributed by atoms with Gasteiger partial charge in [-0.15, -0.1) is 4.68 Å². The van der Waals surface area contributed by atoms with Gasteiger partial charge in [-0.2, -0.15) is 0 Å². The molecule has 1 heterocycles. The van der Waals surface area contributed by atoms with Crippen LogP contribution in [0.3, 0.4) is 0 Å². The predicted molar refractivity (Wildman–Crippen MR) is 58.9 cm³/mol. The zero-order valence-electron chi connectivity index (χ0n) is 9.23. The maximum atomic E-state index is 5.54. The second-order valence-corrected chi connectivity index (χ2v) is 10.3. The molecular formula is C9H20N3OSi+. The molecule has 1 aromatic heterocycles. The van der Waals surface area contributed by atoms with E-state index in [1.807, 2.05) is 10.8 Å². The highest BCUT2D eigenvalue weighted by molar-refractivity contribution is 6.76. The standard InChI is InChI=1S/C9H20N3OSi/c1-14(2,3)7-6-13-9-11-4-5-12(10)8-11/h4-5,8H,6-7,9-10H2,1-3H3/q+1. The Hall–Kier alpha value is -0.813. The first-order valence-electron chi connectivity index (χ1n) is 4.87. The lowest BCUT2D eigenvalue weighted by Crippen LogP contribution is -2.34. The van der Waals surface area contributed by atoms with Crippen molar-refractivity contribution in [3.63, 3.8) is 0 Å². The normalized spacial score (nSPS) is 11.9. The lowest BCUT2D eigenvalue weighted by molar-refractivity contribution is -0.732. The minimum absolute atomic E-state index is 0.592. The molecule has 5 heteroatoms. The molecule has 2 N–H and O–H groups in total. The maximum Gasteiger partial charge on any atom is 0.268 e. The Bertz CT molecular complexity index is 280. The smallest absolute Gasteiger partial charge is 0.268 e. The summed E-state index contributed by atoms with van der Waals surface area (Å²) in [7, 11) is -0.954. The van der Waals surface area contributed by atoms with Gasteiger partial charge in [-0.05, 0) is 6.04 Å². The van der Waals surface area contributed by atoms with E-state index in [1.165, 1.54) is 10.7 Å². The Morgan fingerprint density at radius 2 is 2.14 bits per heavy atom. The van der Waals surface area contributed by atoms with Gasteiger partial charge in [0.05, 0.1) is 0 Å². The summed E-state index contributed by atoms with van der Waals surface area (Å²) in [6.07, 6.45) is 5.49. The van der Waals surface area contributed by atoms with E-state index < -0.39 is 8.07 Å². The van der Waals surface area contributed by atoms with Gasteiger partial charge in [0.2, 0.25) is 0 Å². The van der Waals surface area contributed by atoms with Gasteiger partial charge in [-0.1, -0.05) is 19.6 Å². The van der Waals surface area contributed by atoms with Crippen LogP contribution in [0.4, 0.5) is 0 Å². The molecule has 0 unspecified atom stereocenters. The molecule has 0 amide bonds. The molecule has 1 rings (SSSR count). The van der Waals surface area contributed by atoms with Crippen LogP contribution in [0.25, 0.3) is 0 Å². The average molecular weight is 214 g/mol. The second kappa shape index (κ2) is 4.61. The predicted octanol–water partition coefficient (Wildman–Crippen LogP) is 0.802. The van der Waals surface area contributed by atoms with Gasteiger partial charge >= 0.3 is 0 Å². The highest BCUT2D eigenvalue weighted by Gasteiger charge is 2.12. The third-order valence-corrected chi connectivity index (χ3v) is 3.65. The van der Waals surface area contributed by atoms with Crippen LogP contribution in [-0.4, -0.2) is 19.4 Å². The summed E-state index contributed by atoms with van der Waals surface area (Å²) < 4.78 is 8.97. The molecule has 1 aromatic rings. The SMILES string of the molecule is C[Si](C)(C)CCOC[n+]1ccn(N)c1. The molecule has 0 atom stereocenters. The minimum atomic E-state index is -0.954. The maximum absolute atomic E-state index is 5.54. The fourth-order valence-corrected chi connectivity index (χ4v) is 1.79. The summed E-state index contributed by atoms with van der Waals surface area (Å²) in [6, 6.07) is 1.21. The highest BCUT2D eigenvalue weighted by Crippen LogP contribution is 2.07. The fourth-order valence-electron chi connectivity index (χ4n) is 1.04. The van der Waals surface area contributed by atoms with Crippen LogP contribution >= 0.6 is 0 Å². The summed E-state index contributed by atoms with van der Waals surface area (Å²) >= 11 is 0. The van der Waals surface area contributed by atoms with Crippen LogP contribution < -0.4 is 10.4 Å². The molecular weight excluding hydrogens is 194 g/mol. The monoisotopic (exact) mass is 214 g/mol. The Balaban J connectivity index is 2.16. The molecule has 0 fully saturated rings. The van der Waals surface area contributed by atoms with Gasteiger partial charge in [0.25, 0.3) is 6.33 Å². The summed E-state index contributed by atoms with van der Waals surface area (Å²) in [5.74, 6) is 5.50. The van der Waals surface area contributed by atoms with Crippen LogP contribution in [0.2, 0.25) is 25.7 Å². The number of imidazole rings is 1. The van der Waals surface area contributed by atoms with E-state index in [9.17, 15) is 0 Å². The molecule has 0 aromatic carbocycles. The number of nitrogens with two attached hydrogens (primary N) is 1. The van der Waals surface area contributed by atoms with Crippen molar-refractivity contribution in [1.29, 1.82) is 0 Å². The van der Waals surface area contributed by atoms with E-state index in [0.717, 1.165) is 6.61 Å². The lowest BCUT2D eigenvalue weighted by Gasteiger charge is -2.14. The van der Waals surface area contributed by atoms with Gasteiger partial charge in [0, 0.05) is 14.7 Å². The van der Waals surface area contributed by atoms with Crippen molar-refractivity contribution in [2.75, 3.05) is 12.4 Å². The summed E-state index contributed by atoms with van der Waals surface area (Å²) in [5.41, 5.74) is 0. The molecule has 0 aliphatic heterocycles. The Labute approximate surface area is 86.3 Å². The molecule has 0 bridgehead atoms. The quantitative estimate of drug-likeness (QED) is 0.341. The van der Waals surface area contributed by atoms with Gasteiger partial charge in [0.15, 0.2) is 12.9 Å². The molecule has 80 valence electrons. The zero-order valence-corrected chi connectivity index (χ0v) is 10.2. The fraction of sp³-hybridized carbons (Fsp3) is 0.667. The molecule has 0 saturated heterocycles. The first-order chi connectivity index (χ1) is 6.47. The zero-order chi connectivity index (χ0) is 10.6. The molecule has 14 heavy (non-hydrogen) atoms. The van der Waals surface area contributed by atoms with Crippen LogP contribution in [0.1, 0.15) is 0 Å². The van der Waals surface area contributed by atoms with E-state index in [4.69, 9.17) is 10.6 Å². The topological polar surface area (TPSA) is 44.1 Å². The van der Waals surface area contributed by atoms with E-state index in [2.05, 4.69) is 19.6 Å². The highest BCUT2D eigenvalue weighted by atomic mass is 28.3. The summed E-state index contributed by atoms with van der Waals surface area (Å²) in [5, 5.41) is 0. The van der Waals surface area contributed by atoms with Crippen molar-refractivity contribution in [2.45, 2.75) is 32.4 Å². The minimum Gasteiger partial charge on any atom is -0.342 e. The van der Waals surface area contributed by atoms with Crippen molar-refractivity contribution < 1.29 is 9.30 Å². The molecule has 0 saturated carbocycles. The van der Waals surface area contributed by atoms with Gasteiger partial charge < -0.3 is 4.74 Å². The van der Waals surface area contributed by atoms with Crippen LogP contribution in [0, 0.1) is 0 Å². The van der Waals surface area contributed by atoms with Gasteiger partial charge in [0.1, 0.15) is 6.20 Å². The Morgan fingerprint density at radius 1 is 1.43 bits per heavy atom. The molecule has 0 spiro atoms. The van der Waals surface area contributed by atoms with Crippen molar-refractivity contribution in [3.05, 3.63) is 18.7 Å². The van der Waals surface area contributed by atoms with Crippen LogP contribution in [-0.2, 0) is 11.5 Å². The summed E-state index contributed by atoms with van der Waals surface area (Å²) in [6.45, 7) is 8.48. The Kier molecular flexibility index (Phi) is 3.71. The number of rotatable bonds is 5. The number of hydrogen-bond acceptors (Lipinski definition) is 2. The number of nitrogen functional groups attached to an aromatic ring is 1. The van der Waals surface area contributed by atoms with E-state index >= 15 is 0 Å². The molecule has 0 aliphatic carbocycles. The first-order valence-corrected chi connectivity index (χ1v) is 8.58. The van der Waals surface area contributed by atoms with Crippen LogP contribution in [0.5, 0.6) is 0 Å². The molecule has 0 radical (unpaired) electrons. The molecule has 4 nitrogen and oxygen atoms in total. The van der Waals surface area contributed by atoms with Gasteiger partial charge in [-0.3, -0.25) is 5.84 Å². The molecule has 0 aliphatic rings. The van der Waals surface area contributed by atoms with Crippen molar-refractivity contribution in [2.24, 2.45) is 0 Å². The Morgan fingerprint density at radius 3 is 2.64 bits per heavy atom. The van der Waals surface area contributed by atoms with Crippen molar-refractivity contribution in [1.82, 2.24) is 4.68 Å². The number of ether oxygens (including phenoxy) is 1. The third-order valence-electron chi connectivity index (χ3n) is 1.95. The average Bonchev–Trinajstić information content (AvgIpc) is 2.44. The van der Waals surface area contributed by atoms with Gasteiger partial charge in [-0.25, -0.2) is 4.57 Å². The number of hydrogen-bond donors (Lipinski definition) is 1. The van der Waals surface area contributed by atoms with E-state index in [1.54, 1.807) is 12.5 Å². The van der Waals surface area contributed by atoms with Crippen molar-refractivity contribution >= 4 is 8.07 Å². The second-order valence-electron chi connectivity index (χ2n) is 4.72. The third kappa shape index (κ3) is 4.43. The van der Waals surface area contributed by atoms with E-state index in [0.29, 0.717) is 6.73 Å². The largest absolute Gasteiger partial charge is 0.342 e. The first kappa shape index (κ1) is 11.3. The van der Waals surface area contributed by atoms with E-state index in [-0.39, 0.29) is 0 Å². The van der Waals surface area contributed by atoms with Crippen molar-refractivity contribution in [3.8, 4) is 0 Å². The number of aromatic nitrogens is 2.